The first kappa shape index (κ1) is 14.1. The number of rotatable bonds is 4. The number of aliphatic hydroxyl groups excluding tert-OH is 1. The second-order valence-corrected chi connectivity index (χ2v) is 7.15. The van der Waals surface area contributed by atoms with Gasteiger partial charge in [-0.05, 0) is 54.8 Å². The summed E-state index contributed by atoms with van der Waals surface area (Å²) in [6.45, 7) is 0. The summed E-state index contributed by atoms with van der Waals surface area (Å²) in [6, 6.07) is 11.1. The molecule has 116 valence electrons. The quantitative estimate of drug-likeness (QED) is 0.598. The van der Waals surface area contributed by atoms with Gasteiger partial charge in [-0.15, -0.1) is 11.3 Å². The molecule has 1 atom stereocenters. The largest absolute Gasteiger partial charge is 0.397 e. The molecule has 0 saturated carbocycles. The number of nitrogens with two attached hydrogens (primary N) is 1. The van der Waals surface area contributed by atoms with Crippen molar-refractivity contribution in [3.8, 4) is 10.4 Å². The standard InChI is InChI=1S/C17H21N3OS/c18-14-8-3-11(16-2-1-9-22-16)10-15(14)19-17(21)20-12-4-5-13(20)7-6-12/h1-3,8-10,12-13,17,19,21H,4-7,18H2. The maximum atomic E-state index is 10.6. The van der Waals surface area contributed by atoms with Gasteiger partial charge in [-0.1, -0.05) is 12.1 Å². The van der Waals surface area contributed by atoms with Gasteiger partial charge in [-0.2, -0.15) is 0 Å². The van der Waals surface area contributed by atoms with E-state index in [0.29, 0.717) is 17.8 Å². The van der Waals surface area contributed by atoms with E-state index in [2.05, 4.69) is 21.7 Å². The Morgan fingerprint density at radius 2 is 1.91 bits per heavy atom. The topological polar surface area (TPSA) is 61.5 Å². The number of aliphatic hydroxyl groups is 1. The van der Waals surface area contributed by atoms with Crippen LogP contribution in [0.1, 0.15) is 25.7 Å². The van der Waals surface area contributed by atoms with Crippen molar-refractivity contribution < 1.29 is 5.11 Å². The van der Waals surface area contributed by atoms with Crippen LogP contribution < -0.4 is 11.1 Å². The van der Waals surface area contributed by atoms with Gasteiger partial charge in [0.05, 0.1) is 11.4 Å². The first-order valence-electron chi connectivity index (χ1n) is 7.88. The third-order valence-corrected chi connectivity index (χ3v) is 5.85. The summed E-state index contributed by atoms with van der Waals surface area (Å²) in [4.78, 5) is 3.43. The van der Waals surface area contributed by atoms with E-state index in [-0.39, 0.29) is 0 Å². The summed E-state index contributed by atoms with van der Waals surface area (Å²) in [6.07, 6.45) is 4.16. The van der Waals surface area contributed by atoms with Crippen molar-refractivity contribution in [2.75, 3.05) is 11.1 Å². The van der Waals surface area contributed by atoms with Crippen LogP contribution in [0.2, 0.25) is 0 Å². The highest BCUT2D eigenvalue weighted by atomic mass is 32.1. The van der Waals surface area contributed by atoms with Crippen molar-refractivity contribution in [3.63, 3.8) is 0 Å². The zero-order valence-electron chi connectivity index (χ0n) is 12.4. The van der Waals surface area contributed by atoms with Crippen molar-refractivity contribution in [2.45, 2.75) is 44.1 Å². The minimum Gasteiger partial charge on any atom is -0.397 e. The van der Waals surface area contributed by atoms with Gasteiger partial charge in [-0.25, -0.2) is 0 Å². The molecule has 1 aromatic heterocycles. The number of thiophene rings is 1. The molecule has 0 radical (unpaired) electrons. The Balaban J connectivity index is 1.56. The summed E-state index contributed by atoms with van der Waals surface area (Å²) in [7, 11) is 0. The first-order chi connectivity index (χ1) is 10.7. The lowest BCUT2D eigenvalue weighted by atomic mass is 10.0. The zero-order valence-corrected chi connectivity index (χ0v) is 13.2. The molecule has 0 amide bonds. The number of nitrogens with zero attached hydrogens (tertiary/aromatic N) is 1. The molecule has 1 unspecified atom stereocenters. The van der Waals surface area contributed by atoms with Crippen molar-refractivity contribution in [1.82, 2.24) is 4.90 Å². The van der Waals surface area contributed by atoms with Gasteiger partial charge in [0.15, 0.2) is 6.35 Å². The van der Waals surface area contributed by atoms with Crippen LogP contribution in [-0.2, 0) is 0 Å². The first-order valence-corrected chi connectivity index (χ1v) is 8.76. The molecule has 2 saturated heterocycles. The van der Waals surface area contributed by atoms with Crippen LogP contribution >= 0.6 is 11.3 Å². The van der Waals surface area contributed by atoms with E-state index in [1.165, 1.54) is 30.6 Å². The fourth-order valence-corrected chi connectivity index (χ4v) is 4.57. The van der Waals surface area contributed by atoms with E-state index in [1.807, 2.05) is 24.3 Å². The molecule has 2 fully saturated rings. The molecular formula is C17H21N3OS. The van der Waals surface area contributed by atoms with Gasteiger partial charge < -0.3 is 16.2 Å². The second-order valence-electron chi connectivity index (χ2n) is 6.21. The van der Waals surface area contributed by atoms with Crippen molar-refractivity contribution >= 4 is 22.7 Å². The fraction of sp³-hybridized carbons (Fsp3) is 0.412. The summed E-state index contributed by atoms with van der Waals surface area (Å²) in [5.41, 5.74) is 8.70. The van der Waals surface area contributed by atoms with Crippen LogP contribution in [0.4, 0.5) is 11.4 Å². The highest BCUT2D eigenvalue weighted by Gasteiger charge is 2.42. The van der Waals surface area contributed by atoms with E-state index in [0.717, 1.165) is 11.3 Å². The molecule has 5 heteroatoms. The van der Waals surface area contributed by atoms with E-state index >= 15 is 0 Å². The molecule has 3 heterocycles. The van der Waals surface area contributed by atoms with Gasteiger partial charge in [0.2, 0.25) is 0 Å². The van der Waals surface area contributed by atoms with Crippen molar-refractivity contribution in [3.05, 3.63) is 35.7 Å². The van der Waals surface area contributed by atoms with Crippen LogP contribution in [0.25, 0.3) is 10.4 Å². The van der Waals surface area contributed by atoms with Crippen LogP contribution in [0.15, 0.2) is 35.7 Å². The Bertz CT molecular complexity index is 638. The van der Waals surface area contributed by atoms with Crippen LogP contribution in [0.3, 0.4) is 0 Å². The molecule has 4 rings (SSSR count). The molecule has 0 aliphatic carbocycles. The number of nitrogens with one attached hydrogen (secondary N) is 1. The summed E-state index contributed by atoms with van der Waals surface area (Å²) >= 11 is 1.70. The van der Waals surface area contributed by atoms with Crippen molar-refractivity contribution in [2.24, 2.45) is 0 Å². The number of hydrogen-bond acceptors (Lipinski definition) is 5. The lowest BCUT2D eigenvalue weighted by molar-refractivity contribution is 0.0135. The predicted molar refractivity (Wildman–Crippen MR) is 91.7 cm³/mol. The number of benzene rings is 1. The van der Waals surface area contributed by atoms with Gasteiger partial charge in [0, 0.05) is 17.0 Å². The molecule has 4 nitrogen and oxygen atoms in total. The predicted octanol–water partition coefficient (Wildman–Crippen LogP) is 3.31. The zero-order chi connectivity index (χ0) is 15.1. The number of nitrogen functional groups attached to an aromatic ring is 1. The normalized spacial score (nSPS) is 25.5. The summed E-state index contributed by atoms with van der Waals surface area (Å²) in [5.74, 6) is 0. The molecule has 2 bridgehead atoms. The lowest BCUT2D eigenvalue weighted by Crippen LogP contribution is -2.43. The lowest BCUT2D eigenvalue weighted by Gasteiger charge is -2.29. The number of hydrogen-bond donors (Lipinski definition) is 3. The molecule has 2 aliphatic heterocycles. The van der Waals surface area contributed by atoms with Gasteiger partial charge in [0.25, 0.3) is 0 Å². The number of anilines is 2. The van der Waals surface area contributed by atoms with Gasteiger partial charge in [0.1, 0.15) is 0 Å². The Hall–Kier alpha value is -1.56. The highest BCUT2D eigenvalue weighted by molar-refractivity contribution is 7.13. The Labute approximate surface area is 134 Å². The summed E-state index contributed by atoms with van der Waals surface area (Å²) < 4.78 is 0. The van der Waals surface area contributed by atoms with E-state index in [9.17, 15) is 5.11 Å². The smallest absolute Gasteiger partial charge is 0.184 e. The second kappa shape index (κ2) is 5.57. The third kappa shape index (κ3) is 2.39. The molecular weight excluding hydrogens is 294 g/mol. The molecule has 4 N–H and O–H groups in total. The molecule has 22 heavy (non-hydrogen) atoms. The summed E-state index contributed by atoms with van der Waals surface area (Å²) in [5, 5.41) is 15.9. The van der Waals surface area contributed by atoms with E-state index in [4.69, 9.17) is 5.73 Å². The van der Waals surface area contributed by atoms with E-state index in [1.54, 1.807) is 11.3 Å². The van der Waals surface area contributed by atoms with Crippen LogP contribution in [0, 0.1) is 0 Å². The number of fused-ring (bicyclic) bond motifs is 2. The van der Waals surface area contributed by atoms with E-state index < -0.39 is 6.35 Å². The minimum absolute atomic E-state index is 0.522. The van der Waals surface area contributed by atoms with Crippen LogP contribution in [-0.4, -0.2) is 28.4 Å². The monoisotopic (exact) mass is 315 g/mol. The Morgan fingerprint density at radius 1 is 1.18 bits per heavy atom. The minimum atomic E-state index is -0.652. The maximum Gasteiger partial charge on any atom is 0.184 e. The molecule has 1 aromatic carbocycles. The fourth-order valence-electron chi connectivity index (χ4n) is 3.84. The SMILES string of the molecule is Nc1ccc(-c2cccs2)cc1NC(O)N1C2CCC1CC2. The molecule has 2 aliphatic rings. The maximum absolute atomic E-state index is 10.6. The highest BCUT2D eigenvalue weighted by Crippen LogP contribution is 2.39. The molecule has 2 aromatic rings. The third-order valence-electron chi connectivity index (χ3n) is 4.94. The van der Waals surface area contributed by atoms with Crippen molar-refractivity contribution in [1.29, 1.82) is 0 Å². The Kier molecular flexibility index (Phi) is 3.56. The average Bonchev–Trinajstić information content (AvgIpc) is 3.26. The Morgan fingerprint density at radius 3 is 2.55 bits per heavy atom. The van der Waals surface area contributed by atoms with Gasteiger partial charge >= 0.3 is 0 Å². The molecule has 0 spiro atoms. The van der Waals surface area contributed by atoms with Crippen LogP contribution in [0.5, 0.6) is 0 Å². The average molecular weight is 315 g/mol. The van der Waals surface area contributed by atoms with Gasteiger partial charge in [-0.3, -0.25) is 4.90 Å².